The molecular formula is C20H23F3N2O3. The number of aliphatic hydroxyl groups excluding tert-OH is 1. The summed E-state index contributed by atoms with van der Waals surface area (Å²) in [6.07, 6.45) is -2.53. The third kappa shape index (κ3) is 3.17. The highest BCUT2D eigenvalue weighted by molar-refractivity contribution is 5.96. The molecule has 1 N–H and O–H groups in total. The lowest BCUT2D eigenvalue weighted by atomic mass is 9.71. The number of anilines is 1. The molecule has 2 aliphatic heterocycles. The third-order valence-corrected chi connectivity index (χ3v) is 6.30. The van der Waals surface area contributed by atoms with Crippen molar-refractivity contribution in [3.63, 3.8) is 0 Å². The summed E-state index contributed by atoms with van der Waals surface area (Å²) in [5.74, 6) is -1.31. The molecule has 0 unspecified atom stereocenters. The predicted molar refractivity (Wildman–Crippen MR) is 95.7 cm³/mol. The molecule has 0 spiro atoms. The minimum absolute atomic E-state index is 0.0333. The van der Waals surface area contributed by atoms with Crippen molar-refractivity contribution in [2.24, 2.45) is 5.92 Å². The second kappa shape index (κ2) is 7.06. The van der Waals surface area contributed by atoms with E-state index in [4.69, 9.17) is 0 Å². The van der Waals surface area contributed by atoms with Gasteiger partial charge in [-0.3, -0.25) is 9.59 Å². The first kappa shape index (κ1) is 19.2. The number of alkyl halides is 3. The summed E-state index contributed by atoms with van der Waals surface area (Å²) >= 11 is 0. The Morgan fingerprint density at radius 1 is 1.14 bits per heavy atom. The van der Waals surface area contributed by atoms with Gasteiger partial charge < -0.3 is 14.9 Å². The van der Waals surface area contributed by atoms with Crippen molar-refractivity contribution in [2.75, 3.05) is 18.1 Å². The molecule has 1 saturated carbocycles. The van der Waals surface area contributed by atoms with Gasteiger partial charge in [0.2, 0.25) is 11.8 Å². The van der Waals surface area contributed by atoms with Crippen molar-refractivity contribution in [3.05, 3.63) is 29.8 Å². The van der Waals surface area contributed by atoms with Crippen LogP contribution in [0.25, 0.3) is 0 Å². The van der Waals surface area contributed by atoms with Crippen LogP contribution in [0.1, 0.15) is 43.6 Å². The molecule has 28 heavy (non-hydrogen) atoms. The maximum atomic E-state index is 13.0. The van der Waals surface area contributed by atoms with Crippen LogP contribution in [0, 0.1) is 5.92 Å². The Labute approximate surface area is 161 Å². The van der Waals surface area contributed by atoms with Crippen LogP contribution in [0.3, 0.4) is 0 Å². The van der Waals surface area contributed by atoms with Crippen LogP contribution in [-0.4, -0.2) is 53.2 Å². The lowest BCUT2D eigenvalue weighted by Crippen LogP contribution is -2.71. The van der Waals surface area contributed by atoms with Gasteiger partial charge >= 0.3 is 6.18 Å². The number of halogens is 3. The Kier molecular flexibility index (Phi) is 4.85. The fraction of sp³-hybridized carbons (Fsp3) is 0.600. The van der Waals surface area contributed by atoms with Crippen LogP contribution in [-0.2, 0) is 9.59 Å². The zero-order chi connectivity index (χ0) is 20.1. The van der Waals surface area contributed by atoms with Gasteiger partial charge in [0.1, 0.15) is 6.42 Å². The number of rotatable bonds is 3. The first-order valence-electron chi connectivity index (χ1n) is 9.71. The fourth-order valence-corrected chi connectivity index (χ4v) is 5.08. The largest absolute Gasteiger partial charge is 0.397 e. The fourth-order valence-electron chi connectivity index (χ4n) is 5.08. The number of carbonyl (C=O) groups is 2. The Morgan fingerprint density at radius 2 is 1.82 bits per heavy atom. The Hall–Kier alpha value is -2.09. The van der Waals surface area contributed by atoms with Crippen molar-refractivity contribution >= 4 is 17.5 Å². The van der Waals surface area contributed by atoms with Gasteiger partial charge in [0.15, 0.2) is 0 Å². The molecule has 2 amide bonds. The van der Waals surface area contributed by atoms with Crippen molar-refractivity contribution in [3.8, 4) is 0 Å². The minimum atomic E-state index is -4.59. The van der Waals surface area contributed by atoms with E-state index in [-0.39, 0.29) is 36.9 Å². The van der Waals surface area contributed by atoms with Gasteiger partial charge in [-0.2, -0.15) is 13.2 Å². The van der Waals surface area contributed by atoms with E-state index in [0.29, 0.717) is 5.69 Å². The Balaban J connectivity index is 1.65. The highest BCUT2D eigenvalue weighted by Crippen LogP contribution is 2.49. The number of nitrogens with zero attached hydrogens (tertiary/aromatic N) is 2. The minimum Gasteiger partial charge on any atom is -0.394 e. The monoisotopic (exact) mass is 396 g/mol. The summed E-state index contributed by atoms with van der Waals surface area (Å²) < 4.78 is 38.4. The number of hydrogen-bond donors (Lipinski definition) is 1. The van der Waals surface area contributed by atoms with Crippen LogP contribution in [0.5, 0.6) is 0 Å². The predicted octanol–water partition coefficient (Wildman–Crippen LogP) is 2.83. The second-order valence-electron chi connectivity index (χ2n) is 7.93. The van der Waals surface area contributed by atoms with Gasteiger partial charge in [-0.25, -0.2) is 0 Å². The molecular weight excluding hydrogens is 373 g/mol. The van der Waals surface area contributed by atoms with Crippen LogP contribution < -0.4 is 4.90 Å². The number of amides is 2. The molecule has 1 saturated heterocycles. The molecule has 5 nitrogen and oxygen atoms in total. The third-order valence-electron chi connectivity index (χ3n) is 6.30. The maximum absolute atomic E-state index is 13.0. The second-order valence-corrected chi connectivity index (χ2v) is 7.93. The van der Waals surface area contributed by atoms with E-state index in [1.807, 2.05) is 0 Å². The highest BCUT2D eigenvalue weighted by Gasteiger charge is 2.56. The number of aliphatic hydroxyl groups is 1. The standard InChI is InChI=1S/C20H23F3N2O3/c21-20(22,23)9-17(27)24-10-15-18(13-7-3-4-8-14(13)24)16(11-26)25(15)19(28)12-5-1-2-6-12/h3-4,7-8,12,15-16,18,26H,1-2,5-6,9-11H2/t15-,16-,18+/m1/s1. The summed E-state index contributed by atoms with van der Waals surface area (Å²) in [4.78, 5) is 28.2. The molecule has 2 fully saturated rings. The number of fused-ring (bicyclic) bond motifs is 3. The lowest BCUT2D eigenvalue weighted by molar-refractivity contribution is -0.158. The van der Waals surface area contributed by atoms with Crippen LogP contribution in [0.4, 0.5) is 18.9 Å². The molecule has 1 aromatic carbocycles. The highest BCUT2D eigenvalue weighted by atomic mass is 19.4. The zero-order valence-electron chi connectivity index (χ0n) is 15.4. The molecule has 152 valence electrons. The van der Waals surface area contributed by atoms with Crippen molar-refractivity contribution in [1.82, 2.24) is 4.90 Å². The van der Waals surface area contributed by atoms with E-state index in [1.165, 1.54) is 0 Å². The van der Waals surface area contributed by atoms with Gasteiger partial charge in [-0.15, -0.1) is 0 Å². The molecule has 1 aliphatic carbocycles. The van der Waals surface area contributed by atoms with Crippen LogP contribution in [0.2, 0.25) is 0 Å². The summed E-state index contributed by atoms with van der Waals surface area (Å²) in [5, 5.41) is 9.92. The lowest BCUT2D eigenvalue weighted by Gasteiger charge is -2.59. The van der Waals surface area contributed by atoms with E-state index >= 15 is 0 Å². The molecule has 8 heteroatoms. The van der Waals surface area contributed by atoms with Gasteiger partial charge in [0.05, 0.1) is 18.7 Å². The number of likely N-dealkylation sites (tertiary alicyclic amines) is 1. The average Bonchev–Trinajstić information content (AvgIpc) is 3.15. The quantitative estimate of drug-likeness (QED) is 0.855. The average molecular weight is 396 g/mol. The number of benzene rings is 1. The molecule has 4 rings (SSSR count). The van der Waals surface area contributed by atoms with E-state index in [2.05, 4.69) is 0 Å². The van der Waals surface area contributed by atoms with Gasteiger partial charge in [-0.1, -0.05) is 31.0 Å². The SMILES string of the molecule is O=C(CC(F)(F)F)N1C[C@@H]2[C@H](c3ccccc31)[C@@H](CO)N2C(=O)C1CCCC1. The molecule has 2 heterocycles. The number of para-hydroxylation sites is 1. The topological polar surface area (TPSA) is 60.9 Å². The zero-order valence-corrected chi connectivity index (χ0v) is 15.4. The van der Waals surface area contributed by atoms with Crippen molar-refractivity contribution in [2.45, 2.75) is 56.3 Å². The molecule has 3 atom stereocenters. The van der Waals surface area contributed by atoms with E-state index in [1.54, 1.807) is 29.2 Å². The van der Waals surface area contributed by atoms with Crippen LogP contribution >= 0.6 is 0 Å². The summed E-state index contributed by atoms with van der Waals surface area (Å²) in [7, 11) is 0. The van der Waals surface area contributed by atoms with Gasteiger partial charge in [0.25, 0.3) is 0 Å². The molecule has 0 bridgehead atoms. The van der Waals surface area contributed by atoms with Crippen molar-refractivity contribution in [1.29, 1.82) is 0 Å². The molecule has 0 aromatic heterocycles. The molecule has 0 radical (unpaired) electrons. The number of carbonyl (C=O) groups excluding carboxylic acids is 2. The van der Waals surface area contributed by atoms with Crippen molar-refractivity contribution < 1.29 is 27.9 Å². The van der Waals surface area contributed by atoms with Gasteiger partial charge in [-0.05, 0) is 24.5 Å². The first-order valence-corrected chi connectivity index (χ1v) is 9.71. The summed E-state index contributed by atoms with van der Waals surface area (Å²) in [6.45, 7) is -0.171. The first-order chi connectivity index (χ1) is 13.3. The van der Waals surface area contributed by atoms with E-state index in [0.717, 1.165) is 36.1 Å². The maximum Gasteiger partial charge on any atom is 0.397 e. The molecule has 1 aromatic rings. The van der Waals surface area contributed by atoms with Gasteiger partial charge in [0, 0.05) is 24.1 Å². The number of hydrogen-bond acceptors (Lipinski definition) is 3. The summed E-state index contributed by atoms with van der Waals surface area (Å²) in [5.41, 5.74) is 1.17. The van der Waals surface area contributed by atoms with E-state index in [9.17, 15) is 27.9 Å². The summed E-state index contributed by atoms with van der Waals surface area (Å²) in [6, 6.07) is 6.08. The smallest absolute Gasteiger partial charge is 0.394 e. The van der Waals surface area contributed by atoms with E-state index < -0.39 is 24.5 Å². The normalized spacial score (nSPS) is 27.2. The Morgan fingerprint density at radius 3 is 2.46 bits per heavy atom. The van der Waals surface area contributed by atoms with Crippen LogP contribution in [0.15, 0.2) is 24.3 Å². The molecule has 3 aliphatic rings. The Bertz CT molecular complexity index is 776.